The number of ether oxygens (including phenoxy) is 2. The van der Waals surface area contributed by atoms with E-state index in [0.29, 0.717) is 25.9 Å². The topological polar surface area (TPSA) is 76.7 Å². The number of alkyl carbamates (subject to hydrolysis) is 2. The maximum atomic E-state index is 11.6. The number of thiophene rings is 2. The van der Waals surface area contributed by atoms with Crippen LogP contribution in [0.4, 0.5) is 9.59 Å². The van der Waals surface area contributed by atoms with Crippen LogP contribution in [0.5, 0.6) is 0 Å². The molecule has 210 valence electrons. The van der Waals surface area contributed by atoms with Gasteiger partial charge in [-0.25, -0.2) is 9.59 Å². The van der Waals surface area contributed by atoms with E-state index in [1.54, 1.807) is 22.7 Å². The lowest BCUT2D eigenvalue weighted by Crippen LogP contribution is -2.28. The standard InChI is InChI=1S/C32H36N2O4S2/c1-5-33-31(35)37-21(3)19-23-7-11-25(12-8-23)27-15-17-29(39-27)30-18-16-28(40-30)26-13-9-24(10-14-26)20-22(4)38-32(36)34-6-2/h7-18,21-22H,5-6,19-20H2,1-4H3,(H,33,35)(H,34,36)/t21-,22-/m0/s1. The fourth-order valence-corrected chi connectivity index (χ4v) is 6.46. The molecule has 0 fully saturated rings. The third-order valence-electron chi connectivity index (χ3n) is 6.24. The zero-order valence-corrected chi connectivity index (χ0v) is 25.0. The summed E-state index contributed by atoms with van der Waals surface area (Å²) in [5.74, 6) is 0. The predicted octanol–water partition coefficient (Wildman–Crippen LogP) is 8.16. The van der Waals surface area contributed by atoms with Gasteiger partial charge in [-0.1, -0.05) is 48.5 Å². The lowest BCUT2D eigenvalue weighted by molar-refractivity contribution is 0.106. The van der Waals surface area contributed by atoms with Crippen LogP contribution in [0.3, 0.4) is 0 Å². The van der Waals surface area contributed by atoms with Crippen LogP contribution in [0.15, 0.2) is 72.8 Å². The van der Waals surface area contributed by atoms with E-state index in [9.17, 15) is 9.59 Å². The van der Waals surface area contributed by atoms with Crippen molar-refractivity contribution in [2.45, 2.75) is 52.7 Å². The van der Waals surface area contributed by atoms with Crippen LogP contribution in [0.2, 0.25) is 0 Å². The molecule has 0 saturated carbocycles. The molecule has 0 aliphatic carbocycles. The van der Waals surface area contributed by atoms with Crippen molar-refractivity contribution in [3.8, 4) is 30.6 Å². The summed E-state index contributed by atoms with van der Waals surface area (Å²) in [6, 6.07) is 25.7. The van der Waals surface area contributed by atoms with Crippen LogP contribution in [-0.4, -0.2) is 37.5 Å². The SMILES string of the molecule is CCNC(=O)O[C@@H](C)Cc1ccc(-c2ccc(-c3ccc(-c4ccc(C[C@H](C)OC(=O)NCC)cc4)s3)s2)cc1. The summed E-state index contributed by atoms with van der Waals surface area (Å²) in [6.45, 7) is 8.67. The van der Waals surface area contributed by atoms with E-state index in [1.807, 2.05) is 27.7 Å². The van der Waals surface area contributed by atoms with E-state index in [0.717, 1.165) is 11.1 Å². The van der Waals surface area contributed by atoms with Crippen LogP contribution >= 0.6 is 22.7 Å². The van der Waals surface area contributed by atoms with Gasteiger partial charge in [0, 0.05) is 45.4 Å². The highest BCUT2D eigenvalue weighted by Gasteiger charge is 2.13. The van der Waals surface area contributed by atoms with Gasteiger partial charge in [0.05, 0.1) is 0 Å². The van der Waals surface area contributed by atoms with Crippen LogP contribution in [0.1, 0.15) is 38.8 Å². The highest BCUT2D eigenvalue weighted by Crippen LogP contribution is 2.40. The van der Waals surface area contributed by atoms with Crippen molar-refractivity contribution >= 4 is 34.9 Å². The Morgan fingerprint density at radius 2 is 0.950 bits per heavy atom. The molecule has 0 radical (unpaired) electrons. The molecule has 2 N–H and O–H groups in total. The van der Waals surface area contributed by atoms with Crippen molar-refractivity contribution in [3.05, 3.63) is 83.9 Å². The fraction of sp³-hybridized carbons (Fsp3) is 0.312. The summed E-state index contributed by atoms with van der Waals surface area (Å²) in [5, 5.41) is 5.32. The maximum absolute atomic E-state index is 11.6. The molecule has 0 aliphatic heterocycles. The summed E-state index contributed by atoms with van der Waals surface area (Å²) in [5.41, 5.74) is 4.62. The van der Waals surface area contributed by atoms with Crippen molar-refractivity contribution in [2.24, 2.45) is 0 Å². The maximum Gasteiger partial charge on any atom is 0.407 e. The van der Waals surface area contributed by atoms with Crippen molar-refractivity contribution < 1.29 is 19.1 Å². The molecule has 0 saturated heterocycles. The molecule has 0 aliphatic rings. The fourth-order valence-electron chi connectivity index (χ4n) is 4.35. The zero-order valence-electron chi connectivity index (χ0n) is 23.4. The van der Waals surface area contributed by atoms with Crippen LogP contribution in [0, 0.1) is 0 Å². The molecule has 2 amide bonds. The average molecular weight is 577 g/mol. The summed E-state index contributed by atoms with van der Waals surface area (Å²) in [6.07, 6.45) is 0.226. The molecule has 0 unspecified atom stereocenters. The molecule has 2 aromatic carbocycles. The zero-order chi connectivity index (χ0) is 28.5. The van der Waals surface area contributed by atoms with E-state index < -0.39 is 0 Å². The number of hydrogen-bond donors (Lipinski definition) is 2. The molecule has 8 heteroatoms. The van der Waals surface area contributed by atoms with Gasteiger partial charge in [0.1, 0.15) is 12.2 Å². The number of carbonyl (C=O) groups is 2. The number of hydrogen-bond acceptors (Lipinski definition) is 6. The largest absolute Gasteiger partial charge is 0.446 e. The second kappa shape index (κ2) is 14.1. The number of rotatable bonds is 11. The molecule has 6 nitrogen and oxygen atoms in total. The Balaban J connectivity index is 1.35. The monoisotopic (exact) mass is 576 g/mol. The summed E-state index contributed by atoms with van der Waals surface area (Å²) in [7, 11) is 0. The number of carbonyl (C=O) groups excluding carboxylic acids is 2. The van der Waals surface area contributed by atoms with Gasteiger partial charge in [0.15, 0.2) is 0 Å². The van der Waals surface area contributed by atoms with E-state index in [2.05, 4.69) is 83.4 Å². The van der Waals surface area contributed by atoms with Gasteiger partial charge in [-0.05, 0) is 74.2 Å². The highest BCUT2D eigenvalue weighted by molar-refractivity contribution is 7.25. The van der Waals surface area contributed by atoms with Gasteiger partial charge in [-0.2, -0.15) is 0 Å². The second-order valence-electron chi connectivity index (χ2n) is 9.62. The number of amides is 2. The lowest BCUT2D eigenvalue weighted by atomic mass is 10.1. The number of benzene rings is 2. The quantitative estimate of drug-likeness (QED) is 0.189. The molecule has 2 heterocycles. The van der Waals surface area contributed by atoms with Gasteiger partial charge in [0.2, 0.25) is 0 Å². The molecular weight excluding hydrogens is 540 g/mol. The highest BCUT2D eigenvalue weighted by atomic mass is 32.1. The van der Waals surface area contributed by atoms with Crippen LogP contribution in [-0.2, 0) is 22.3 Å². The predicted molar refractivity (Wildman–Crippen MR) is 165 cm³/mol. The minimum absolute atomic E-state index is 0.189. The Morgan fingerprint density at radius 1 is 0.600 bits per heavy atom. The van der Waals surface area contributed by atoms with E-state index in [1.165, 1.54) is 30.6 Å². The molecule has 0 spiro atoms. The normalized spacial score (nSPS) is 12.4. The van der Waals surface area contributed by atoms with E-state index in [4.69, 9.17) is 9.47 Å². The van der Waals surface area contributed by atoms with Crippen LogP contribution in [0.25, 0.3) is 30.6 Å². The second-order valence-corrected chi connectivity index (χ2v) is 11.8. The molecule has 2 atom stereocenters. The minimum atomic E-state index is -0.374. The molecule has 4 aromatic rings. The first kappa shape index (κ1) is 29.4. The first-order valence-electron chi connectivity index (χ1n) is 13.6. The third kappa shape index (κ3) is 8.19. The van der Waals surface area contributed by atoms with Gasteiger partial charge >= 0.3 is 12.2 Å². The first-order valence-corrected chi connectivity index (χ1v) is 15.3. The Kier molecular flexibility index (Phi) is 10.4. The van der Waals surface area contributed by atoms with Crippen molar-refractivity contribution in [2.75, 3.05) is 13.1 Å². The van der Waals surface area contributed by atoms with Gasteiger partial charge < -0.3 is 20.1 Å². The molecule has 2 aromatic heterocycles. The van der Waals surface area contributed by atoms with Gasteiger partial charge in [-0.15, -0.1) is 22.7 Å². The van der Waals surface area contributed by atoms with Crippen LogP contribution < -0.4 is 10.6 Å². The molecule has 4 rings (SSSR count). The third-order valence-corrected chi connectivity index (χ3v) is 8.70. The molecule has 0 bridgehead atoms. The Morgan fingerprint density at radius 3 is 1.30 bits per heavy atom. The van der Waals surface area contributed by atoms with Gasteiger partial charge in [0.25, 0.3) is 0 Å². The Bertz CT molecular complexity index is 1290. The summed E-state index contributed by atoms with van der Waals surface area (Å²) >= 11 is 3.57. The Labute approximate surface area is 244 Å². The molecule has 40 heavy (non-hydrogen) atoms. The first-order chi connectivity index (χ1) is 19.3. The minimum Gasteiger partial charge on any atom is -0.446 e. The van der Waals surface area contributed by atoms with Crippen molar-refractivity contribution in [3.63, 3.8) is 0 Å². The lowest BCUT2D eigenvalue weighted by Gasteiger charge is -2.13. The van der Waals surface area contributed by atoms with Gasteiger partial charge in [-0.3, -0.25) is 0 Å². The molecular formula is C32H36N2O4S2. The smallest absolute Gasteiger partial charge is 0.407 e. The van der Waals surface area contributed by atoms with Crippen molar-refractivity contribution in [1.82, 2.24) is 10.6 Å². The summed E-state index contributed by atoms with van der Waals surface area (Å²) in [4.78, 5) is 28.2. The summed E-state index contributed by atoms with van der Waals surface area (Å²) < 4.78 is 10.7. The average Bonchev–Trinajstić information content (AvgIpc) is 3.60. The van der Waals surface area contributed by atoms with E-state index >= 15 is 0 Å². The number of nitrogens with one attached hydrogen (secondary N) is 2. The Hall–Kier alpha value is -3.62. The van der Waals surface area contributed by atoms with E-state index in [-0.39, 0.29) is 24.4 Å². The van der Waals surface area contributed by atoms with Crippen molar-refractivity contribution in [1.29, 1.82) is 0 Å².